The Bertz CT molecular complexity index is 3020. The first kappa shape index (κ1) is 33.0. The number of hydrogen-bond donors (Lipinski definition) is 0. The number of aromatic nitrogens is 3. The van der Waals surface area contributed by atoms with Gasteiger partial charge >= 0.3 is 0 Å². The van der Waals surface area contributed by atoms with E-state index in [1.807, 2.05) is 6.20 Å². The molecule has 0 saturated heterocycles. The van der Waals surface area contributed by atoms with E-state index in [4.69, 9.17) is 9.97 Å². The first-order valence-electron chi connectivity index (χ1n) is 19.2. The SMILES string of the molecule is Cc1cc(C)c(-c2ccc3c(c2)c2cc(-c4c(C)cc(C)cc4C)ccc2n3-c2cccc(-c3cnc4c5ccccc5c5ccccc5c4n3)c2)c(C)c1. The van der Waals surface area contributed by atoms with Crippen LogP contribution in [0.4, 0.5) is 0 Å². The third-order valence-electron chi connectivity index (χ3n) is 11.5. The summed E-state index contributed by atoms with van der Waals surface area (Å²) in [5, 5.41) is 7.12. The van der Waals surface area contributed by atoms with E-state index in [9.17, 15) is 0 Å². The Balaban J connectivity index is 1.20. The molecule has 0 aliphatic rings. The second kappa shape index (κ2) is 12.5. The van der Waals surface area contributed by atoms with Gasteiger partial charge in [0, 0.05) is 32.8 Å². The van der Waals surface area contributed by atoms with Crippen LogP contribution in [0.15, 0.2) is 140 Å². The van der Waals surface area contributed by atoms with Crippen LogP contribution < -0.4 is 0 Å². The summed E-state index contributed by atoms with van der Waals surface area (Å²) in [6, 6.07) is 49.0. The number of benzene rings is 8. The highest BCUT2D eigenvalue weighted by Crippen LogP contribution is 2.41. The fourth-order valence-corrected chi connectivity index (χ4v) is 9.45. The van der Waals surface area contributed by atoms with E-state index in [1.165, 1.54) is 88.2 Å². The van der Waals surface area contributed by atoms with Crippen LogP contribution >= 0.6 is 0 Å². The molecule has 0 saturated carbocycles. The molecule has 0 atom stereocenters. The van der Waals surface area contributed by atoms with Crippen LogP contribution in [-0.4, -0.2) is 14.5 Å². The Labute approximate surface area is 321 Å². The largest absolute Gasteiger partial charge is 0.309 e. The van der Waals surface area contributed by atoms with Crippen molar-refractivity contribution in [3.8, 4) is 39.2 Å². The maximum atomic E-state index is 5.33. The lowest BCUT2D eigenvalue weighted by molar-refractivity contribution is 1.18. The van der Waals surface area contributed by atoms with Crippen molar-refractivity contribution in [2.24, 2.45) is 0 Å². The molecule has 0 spiro atoms. The quantitative estimate of drug-likeness (QED) is 0.171. The minimum Gasteiger partial charge on any atom is -0.309 e. The van der Waals surface area contributed by atoms with Gasteiger partial charge in [0.2, 0.25) is 0 Å². The van der Waals surface area contributed by atoms with Crippen LogP contribution in [0.5, 0.6) is 0 Å². The van der Waals surface area contributed by atoms with Gasteiger partial charge in [-0.05, 0) is 133 Å². The lowest BCUT2D eigenvalue weighted by atomic mass is 9.91. The molecule has 10 aromatic rings. The Morgan fingerprint density at radius 1 is 0.400 bits per heavy atom. The third-order valence-corrected chi connectivity index (χ3v) is 11.5. The fourth-order valence-electron chi connectivity index (χ4n) is 9.45. The zero-order valence-corrected chi connectivity index (χ0v) is 32.1. The molecule has 2 heterocycles. The summed E-state index contributed by atoms with van der Waals surface area (Å²) in [4.78, 5) is 10.4. The molecule has 264 valence electrons. The highest BCUT2D eigenvalue weighted by Gasteiger charge is 2.18. The molecule has 8 aromatic carbocycles. The maximum Gasteiger partial charge on any atom is 0.0979 e. The number of nitrogens with zero attached hydrogens (tertiary/aromatic N) is 3. The summed E-state index contributed by atoms with van der Waals surface area (Å²) >= 11 is 0. The Morgan fingerprint density at radius 3 is 1.42 bits per heavy atom. The van der Waals surface area contributed by atoms with Gasteiger partial charge < -0.3 is 4.57 Å². The summed E-state index contributed by atoms with van der Waals surface area (Å²) < 4.78 is 2.42. The number of rotatable bonds is 4. The van der Waals surface area contributed by atoms with Crippen LogP contribution in [0.1, 0.15) is 33.4 Å². The van der Waals surface area contributed by atoms with Crippen molar-refractivity contribution in [2.45, 2.75) is 41.5 Å². The Morgan fingerprint density at radius 2 is 0.891 bits per heavy atom. The number of aryl methyl sites for hydroxylation is 6. The predicted octanol–water partition coefficient (Wildman–Crippen LogP) is 13.9. The van der Waals surface area contributed by atoms with Gasteiger partial charge in [0.1, 0.15) is 0 Å². The molecule has 0 N–H and O–H groups in total. The Kier molecular flexibility index (Phi) is 7.50. The van der Waals surface area contributed by atoms with Gasteiger partial charge in [0.15, 0.2) is 0 Å². The molecule has 0 unspecified atom stereocenters. The molecular formula is C52H41N3. The molecule has 0 radical (unpaired) electrons. The molecule has 10 rings (SSSR count). The fraction of sp³-hybridized carbons (Fsp3) is 0.115. The van der Waals surface area contributed by atoms with E-state index in [0.29, 0.717) is 0 Å². The standard InChI is InChI=1S/C52H41N3/c1-30-22-32(3)49(33(4)23-30)37-18-20-47-44(27-37)45-28-38(50-34(5)24-31(2)25-35(50)6)19-21-48(45)55(47)39-13-11-12-36(26-39)46-29-53-51-42-16-9-7-14-40(42)41-15-8-10-17-43(41)52(51)54-46/h7-29H,1-6H3. The smallest absolute Gasteiger partial charge is 0.0979 e. The second-order valence-electron chi connectivity index (χ2n) is 15.4. The monoisotopic (exact) mass is 707 g/mol. The van der Waals surface area contributed by atoms with Crippen LogP contribution in [0, 0.1) is 41.5 Å². The summed E-state index contributed by atoms with van der Waals surface area (Å²) in [7, 11) is 0. The zero-order valence-electron chi connectivity index (χ0n) is 32.1. The van der Waals surface area contributed by atoms with Gasteiger partial charge in [0.25, 0.3) is 0 Å². The summed E-state index contributed by atoms with van der Waals surface area (Å²) in [6.07, 6.45) is 1.94. The molecular weight excluding hydrogens is 667 g/mol. The van der Waals surface area contributed by atoms with E-state index >= 15 is 0 Å². The number of hydrogen-bond acceptors (Lipinski definition) is 2. The second-order valence-corrected chi connectivity index (χ2v) is 15.4. The van der Waals surface area contributed by atoms with Crippen LogP contribution in [0.25, 0.3) is 93.6 Å². The Hall–Kier alpha value is -6.58. The van der Waals surface area contributed by atoms with Crippen molar-refractivity contribution < 1.29 is 0 Å². The van der Waals surface area contributed by atoms with E-state index in [0.717, 1.165) is 38.8 Å². The molecule has 0 aliphatic carbocycles. The molecule has 2 aromatic heterocycles. The van der Waals surface area contributed by atoms with E-state index in [2.05, 4.69) is 180 Å². The van der Waals surface area contributed by atoms with E-state index in [1.54, 1.807) is 0 Å². The molecule has 0 aliphatic heterocycles. The molecule has 55 heavy (non-hydrogen) atoms. The van der Waals surface area contributed by atoms with Gasteiger partial charge in [-0.25, -0.2) is 4.98 Å². The summed E-state index contributed by atoms with van der Waals surface area (Å²) in [5.41, 5.74) is 20.1. The normalized spacial score (nSPS) is 11.8. The van der Waals surface area contributed by atoms with Crippen molar-refractivity contribution in [2.75, 3.05) is 0 Å². The van der Waals surface area contributed by atoms with E-state index < -0.39 is 0 Å². The van der Waals surface area contributed by atoms with Crippen LogP contribution in [-0.2, 0) is 0 Å². The molecule has 0 bridgehead atoms. The summed E-state index contributed by atoms with van der Waals surface area (Å²) in [6.45, 7) is 13.3. The minimum absolute atomic E-state index is 0.857. The van der Waals surface area contributed by atoms with Gasteiger partial charge in [-0.2, -0.15) is 0 Å². The van der Waals surface area contributed by atoms with Crippen molar-refractivity contribution in [3.05, 3.63) is 173 Å². The lowest BCUT2D eigenvalue weighted by Crippen LogP contribution is -1.96. The van der Waals surface area contributed by atoms with E-state index in [-0.39, 0.29) is 0 Å². The highest BCUT2D eigenvalue weighted by molar-refractivity contribution is 6.23. The number of fused-ring (bicyclic) bond motifs is 9. The average molecular weight is 708 g/mol. The van der Waals surface area contributed by atoms with Crippen LogP contribution in [0.3, 0.4) is 0 Å². The third kappa shape index (κ3) is 5.26. The van der Waals surface area contributed by atoms with Gasteiger partial charge in [-0.15, -0.1) is 0 Å². The van der Waals surface area contributed by atoms with Gasteiger partial charge in [-0.1, -0.05) is 108 Å². The van der Waals surface area contributed by atoms with Crippen molar-refractivity contribution >= 4 is 54.4 Å². The van der Waals surface area contributed by atoms with Crippen molar-refractivity contribution in [1.29, 1.82) is 0 Å². The molecule has 3 nitrogen and oxygen atoms in total. The van der Waals surface area contributed by atoms with Crippen molar-refractivity contribution in [1.82, 2.24) is 14.5 Å². The average Bonchev–Trinajstić information content (AvgIpc) is 3.50. The minimum atomic E-state index is 0.857. The predicted molar refractivity (Wildman–Crippen MR) is 234 cm³/mol. The first-order valence-corrected chi connectivity index (χ1v) is 19.2. The highest BCUT2D eigenvalue weighted by atomic mass is 15.0. The van der Waals surface area contributed by atoms with Crippen molar-refractivity contribution in [3.63, 3.8) is 0 Å². The summed E-state index contributed by atoms with van der Waals surface area (Å²) in [5.74, 6) is 0. The van der Waals surface area contributed by atoms with Gasteiger partial charge in [0.05, 0.1) is 34.0 Å². The lowest BCUT2D eigenvalue weighted by Gasteiger charge is -2.13. The maximum absolute atomic E-state index is 5.33. The van der Waals surface area contributed by atoms with Gasteiger partial charge in [-0.3, -0.25) is 4.98 Å². The molecule has 3 heteroatoms. The topological polar surface area (TPSA) is 30.7 Å². The zero-order chi connectivity index (χ0) is 37.5. The van der Waals surface area contributed by atoms with Crippen LogP contribution in [0.2, 0.25) is 0 Å². The first-order chi connectivity index (χ1) is 26.7. The molecule has 0 fully saturated rings. The molecule has 0 amide bonds.